The van der Waals surface area contributed by atoms with E-state index in [2.05, 4.69) is 21.4 Å². The topological polar surface area (TPSA) is 54.9 Å². The number of carbonyl (C=O) groups is 1. The Hall–Kier alpha value is -2.35. The molecule has 0 saturated carbocycles. The molecule has 0 atom stereocenters. The van der Waals surface area contributed by atoms with Crippen LogP contribution in [-0.2, 0) is 6.54 Å². The third-order valence-electron chi connectivity index (χ3n) is 3.79. The van der Waals surface area contributed by atoms with Crippen molar-refractivity contribution in [3.8, 4) is 20.5 Å². The van der Waals surface area contributed by atoms with Gasteiger partial charge in [-0.1, -0.05) is 36.4 Å². The lowest BCUT2D eigenvalue weighted by Gasteiger charge is -2.01. The Morgan fingerprint density at radius 1 is 1.04 bits per heavy atom. The van der Waals surface area contributed by atoms with Gasteiger partial charge >= 0.3 is 0 Å². The molecule has 1 aromatic carbocycles. The quantitative estimate of drug-likeness (QED) is 0.501. The molecule has 0 bridgehead atoms. The van der Waals surface area contributed by atoms with Gasteiger partial charge in [0.15, 0.2) is 0 Å². The molecule has 4 nitrogen and oxygen atoms in total. The molecule has 4 aromatic rings. The Morgan fingerprint density at radius 2 is 1.88 bits per heavy atom. The van der Waals surface area contributed by atoms with Crippen LogP contribution in [0.3, 0.4) is 0 Å². The summed E-state index contributed by atoms with van der Waals surface area (Å²) in [7, 11) is 0. The number of aromatic nitrogens is 2. The lowest BCUT2D eigenvalue weighted by Crippen LogP contribution is -2.22. The van der Waals surface area contributed by atoms with Crippen LogP contribution in [0.2, 0.25) is 0 Å². The second-order valence-electron chi connectivity index (χ2n) is 5.59. The first-order valence-corrected chi connectivity index (χ1v) is 10.6. The molecular weight excluding hydrogens is 382 g/mol. The fourth-order valence-electron chi connectivity index (χ4n) is 2.44. The van der Waals surface area contributed by atoms with E-state index in [9.17, 15) is 4.79 Å². The number of amides is 1. The zero-order valence-electron chi connectivity index (χ0n) is 13.9. The average molecular weight is 398 g/mol. The Morgan fingerprint density at radius 3 is 2.65 bits per heavy atom. The van der Waals surface area contributed by atoms with Crippen molar-refractivity contribution in [2.75, 3.05) is 0 Å². The SMILES string of the molecule is Cc1nc(-c2cccs2)sc1CNC(=O)c1csc(-c2ccccc2)n1. The molecule has 0 radical (unpaired) electrons. The monoisotopic (exact) mass is 397 g/mol. The van der Waals surface area contributed by atoms with Crippen LogP contribution >= 0.6 is 34.0 Å². The summed E-state index contributed by atoms with van der Waals surface area (Å²) < 4.78 is 0. The third-order valence-corrected chi connectivity index (χ3v) is 6.88. The van der Waals surface area contributed by atoms with E-state index in [1.54, 1.807) is 28.1 Å². The molecule has 0 unspecified atom stereocenters. The number of thiazole rings is 2. The Kier molecular flexibility index (Phi) is 4.92. The maximum Gasteiger partial charge on any atom is 0.271 e. The van der Waals surface area contributed by atoms with E-state index in [0.717, 1.165) is 31.0 Å². The molecule has 0 aliphatic carbocycles. The summed E-state index contributed by atoms with van der Waals surface area (Å²) >= 11 is 4.77. The van der Waals surface area contributed by atoms with E-state index in [1.807, 2.05) is 48.7 Å². The van der Waals surface area contributed by atoms with Gasteiger partial charge in [0.1, 0.15) is 15.7 Å². The van der Waals surface area contributed by atoms with Crippen LogP contribution in [0.25, 0.3) is 20.5 Å². The summed E-state index contributed by atoms with van der Waals surface area (Å²) in [6.07, 6.45) is 0. The summed E-state index contributed by atoms with van der Waals surface area (Å²) in [5.74, 6) is -0.158. The van der Waals surface area contributed by atoms with Crippen LogP contribution in [0.1, 0.15) is 21.1 Å². The van der Waals surface area contributed by atoms with Gasteiger partial charge < -0.3 is 5.32 Å². The predicted molar refractivity (Wildman–Crippen MR) is 109 cm³/mol. The summed E-state index contributed by atoms with van der Waals surface area (Å²) in [6.45, 7) is 2.44. The number of benzene rings is 1. The van der Waals surface area contributed by atoms with Crippen LogP contribution in [0.4, 0.5) is 0 Å². The van der Waals surface area contributed by atoms with Gasteiger partial charge in [-0.25, -0.2) is 9.97 Å². The van der Waals surface area contributed by atoms with Crippen LogP contribution in [0, 0.1) is 6.92 Å². The lowest BCUT2D eigenvalue weighted by atomic mass is 10.2. The molecule has 1 amide bonds. The molecule has 0 aliphatic heterocycles. The van der Waals surface area contributed by atoms with Crippen molar-refractivity contribution in [3.05, 3.63) is 69.5 Å². The van der Waals surface area contributed by atoms with Crippen molar-refractivity contribution in [1.29, 1.82) is 0 Å². The van der Waals surface area contributed by atoms with E-state index >= 15 is 0 Å². The molecule has 7 heteroatoms. The highest BCUT2D eigenvalue weighted by atomic mass is 32.1. The number of aryl methyl sites for hydroxylation is 1. The highest BCUT2D eigenvalue weighted by Gasteiger charge is 2.14. The molecule has 26 heavy (non-hydrogen) atoms. The summed E-state index contributed by atoms with van der Waals surface area (Å²) in [6, 6.07) is 14.0. The highest BCUT2D eigenvalue weighted by molar-refractivity contribution is 7.21. The van der Waals surface area contributed by atoms with Crippen molar-refractivity contribution in [1.82, 2.24) is 15.3 Å². The number of hydrogen-bond donors (Lipinski definition) is 1. The molecular formula is C19H15N3OS3. The van der Waals surface area contributed by atoms with Gasteiger partial charge in [0, 0.05) is 15.8 Å². The lowest BCUT2D eigenvalue weighted by molar-refractivity contribution is 0.0947. The zero-order valence-corrected chi connectivity index (χ0v) is 16.4. The van der Waals surface area contributed by atoms with Gasteiger partial charge in [0.25, 0.3) is 5.91 Å². The highest BCUT2D eigenvalue weighted by Crippen LogP contribution is 2.31. The van der Waals surface area contributed by atoms with Crippen LogP contribution in [0.5, 0.6) is 0 Å². The molecule has 3 aromatic heterocycles. The second kappa shape index (κ2) is 7.49. The number of thiophene rings is 1. The van der Waals surface area contributed by atoms with Crippen LogP contribution in [0.15, 0.2) is 53.2 Å². The number of rotatable bonds is 5. The number of hydrogen-bond acceptors (Lipinski definition) is 6. The number of carbonyl (C=O) groups excluding carboxylic acids is 1. The Bertz CT molecular complexity index is 1020. The van der Waals surface area contributed by atoms with Gasteiger partial charge in [-0.3, -0.25) is 4.79 Å². The molecule has 3 heterocycles. The summed E-state index contributed by atoms with van der Waals surface area (Å²) in [5.41, 5.74) is 2.44. The molecule has 130 valence electrons. The van der Waals surface area contributed by atoms with Crippen molar-refractivity contribution in [3.63, 3.8) is 0 Å². The second-order valence-corrected chi connectivity index (χ2v) is 8.48. The Labute approximate surface area is 163 Å². The first kappa shape index (κ1) is 17.1. The molecule has 0 aliphatic rings. The van der Waals surface area contributed by atoms with E-state index < -0.39 is 0 Å². The molecule has 4 rings (SSSR count). The minimum absolute atomic E-state index is 0.158. The van der Waals surface area contributed by atoms with Crippen molar-refractivity contribution >= 4 is 39.9 Å². The van der Waals surface area contributed by atoms with Crippen LogP contribution < -0.4 is 5.32 Å². The standard InChI is InChI=1S/C19H15N3OS3/c1-12-16(26-19(21-12)15-8-5-9-24-15)10-20-17(23)14-11-25-18(22-14)13-6-3-2-4-7-13/h2-9,11H,10H2,1H3,(H,20,23). The molecule has 0 spiro atoms. The van der Waals surface area contributed by atoms with Crippen LogP contribution in [-0.4, -0.2) is 15.9 Å². The fraction of sp³-hybridized carbons (Fsp3) is 0.105. The first-order valence-electron chi connectivity index (χ1n) is 8.00. The number of nitrogens with zero attached hydrogens (tertiary/aromatic N) is 2. The van der Waals surface area contributed by atoms with E-state index in [-0.39, 0.29) is 5.91 Å². The molecule has 0 saturated heterocycles. The Balaban J connectivity index is 1.44. The van der Waals surface area contributed by atoms with E-state index in [0.29, 0.717) is 12.2 Å². The fourth-order valence-corrected chi connectivity index (χ4v) is 5.05. The maximum absolute atomic E-state index is 12.4. The van der Waals surface area contributed by atoms with Gasteiger partial charge in [-0.05, 0) is 18.4 Å². The van der Waals surface area contributed by atoms with Gasteiger partial charge in [0.2, 0.25) is 0 Å². The molecule has 0 fully saturated rings. The minimum Gasteiger partial charge on any atom is -0.346 e. The normalized spacial score (nSPS) is 10.8. The predicted octanol–water partition coefficient (Wildman–Crippen LogP) is 5.23. The average Bonchev–Trinajstić information content (AvgIpc) is 3.41. The van der Waals surface area contributed by atoms with Crippen molar-refractivity contribution in [2.45, 2.75) is 13.5 Å². The number of nitrogens with one attached hydrogen (secondary N) is 1. The summed E-state index contributed by atoms with van der Waals surface area (Å²) in [5, 5.41) is 8.65. The third kappa shape index (κ3) is 3.60. The smallest absolute Gasteiger partial charge is 0.271 e. The van der Waals surface area contributed by atoms with Crippen molar-refractivity contribution < 1.29 is 4.79 Å². The molecule has 1 N–H and O–H groups in total. The largest absolute Gasteiger partial charge is 0.346 e. The van der Waals surface area contributed by atoms with Crippen molar-refractivity contribution in [2.24, 2.45) is 0 Å². The van der Waals surface area contributed by atoms with E-state index in [1.165, 1.54) is 11.3 Å². The minimum atomic E-state index is -0.158. The van der Waals surface area contributed by atoms with Gasteiger partial charge in [-0.2, -0.15) is 0 Å². The first-order chi connectivity index (χ1) is 12.7. The zero-order chi connectivity index (χ0) is 17.9. The van der Waals surface area contributed by atoms with Gasteiger partial charge in [-0.15, -0.1) is 34.0 Å². The maximum atomic E-state index is 12.4. The summed E-state index contributed by atoms with van der Waals surface area (Å²) in [4.78, 5) is 23.7. The van der Waals surface area contributed by atoms with Gasteiger partial charge in [0.05, 0.1) is 17.1 Å². The van der Waals surface area contributed by atoms with E-state index in [4.69, 9.17) is 0 Å².